The molecule has 0 saturated carbocycles. The van der Waals surface area contributed by atoms with Gasteiger partial charge in [0.1, 0.15) is 35.4 Å². The predicted molar refractivity (Wildman–Crippen MR) is 186 cm³/mol. The van der Waals surface area contributed by atoms with Gasteiger partial charge in [0.2, 0.25) is 11.8 Å². The first-order valence-electron chi connectivity index (χ1n) is 16.7. The molecule has 264 valence electrons. The van der Waals surface area contributed by atoms with E-state index in [1.165, 1.54) is 16.2 Å². The minimum atomic E-state index is -1.06. The smallest absolute Gasteiger partial charge is 0.408 e. The highest BCUT2D eigenvalue weighted by Crippen LogP contribution is 2.25. The number of nitrogens with one attached hydrogen (secondary N) is 3. The zero-order valence-corrected chi connectivity index (χ0v) is 29.1. The number of amides is 4. The summed E-state index contributed by atoms with van der Waals surface area (Å²) >= 11 is 1.29. The van der Waals surface area contributed by atoms with E-state index in [0.29, 0.717) is 50.2 Å². The van der Waals surface area contributed by atoms with Crippen LogP contribution in [0.5, 0.6) is 0 Å². The van der Waals surface area contributed by atoms with Gasteiger partial charge in [0, 0.05) is 31.1 Å². The van der Waals surface area contributed by atoms with Crippen LogP contribution in [0.1, 0.15) is 75.1 Å². The minimum absolute atomic E-state index is 0.172. The maximum atomic E-state index is 14.0. The molecule has 0 spiro atoms. The van der Waals surface area contributed by atoms with Crippen LogP contribution in [0.25, 0.3) is 0 Å². The second kappa shape index (κ2) is 18.3. The van der Waals surface area contributed by atoms with E-state index in [2.05, 4.69) is 20.9 Å². The number of likely N-dealkylation sites (tertiary alicyclic amines) is 1. The highest BCUT2D eigenvalue weighted by atomic mass is 32.1. The third-order valence-electron chi connectivity index (χ3n) is 7.95. The van der Waals surface area contributed by atoms with Crippen LogP contribution in [0.2, 0.25) is 0 Å². The van der Waals surface area contributed by atoms with E-state index in [1.807, 2.05) is 60.7 Å². The van der Waals surface area contributed by atoms with Crippen molar-refractivity contribution in [1.82, 2.24) is 25.8 Å². The van der Waals surface area contributed by atoms with Crippen LogP contribution in [0, 0.1) is 0 Å². The number of carbonyl (C=O) groups is 4. The fourth-order valence-corrected chi connectivity index (χ4v) is 6.28. The van der Waals surface area contributed by atoms with Gasteiger partial charge in [-0.05, 0) is 64.0 Å². The van der Waals surface area contributed by atoms with Gasteiger partial charge in [0.15, 0.2) is 0 Å². The molecule has 0 radical (unpaired) electrons. The molecule has 1 aliphatic rings. The summed E-state index contributed by atoms with van der Waals surface area (Å²) in [5, 5.41) is 21.9. The molecule has 1 fully saturated rings. The fourth-order valence-electron chi connectivity index (χ4n) is 5.60. The van der Waals surface area contributed by atoms with Crippen LogP contribution >= 0.6 is 11.3 Å². The molecular weight excluding hydrogens is 646 g/mol. The number of alkyl carbamates (subject to hydrolysis) is 2. The van der Waals surface area contributed by atoms with Gasteiger partial charge in [-0.2, -0.15) is 0 Å². The molecule has 2 aromatic carbocycles. The fraction of sp³-hybridized carbons (Fsp3) is 0.472. The molecule has 2 unspecified atom stereocenters. The lowest BCUT2D eigenvalue weighted by Crippen LogP contribution is -2.56. The van der Waals surface area contributed by atoms with Crippen LogP contribution in [0.4, 0.5) is 9.59 Å². The maximum absolute atomic E-state index is 14.0. The zero-order valence-electron chi connectivity index (χ0n) is 28.3. The number of ether oxygens (including phenoxy) is 2. The van der Waals surface area contributed by atoms with Crippen molar-refractivity contribution >= 4 is 35.3 Å². The quantitative estimate of drug-likeness (QED) is 0.164. The number of hydrogen-bond donors (Lipinski definition) is 4. The van der Waals surface area contributed by atoms with Crippen LogP contribution in [-0.4, -0.2) is 75.8 Å². The van der Waals surface area contributed by atoms with E-state index in [0.717, 1.165) is 11.1 Å². The van der Waals surface area contributed by atoms with Crippen molar-refractivity contribution in [1.29, 1.82) is 0 Å². The first-order valence-corrected chi connectivity index (χ1v) is 17.5. The molecule has 12 nitrogen and oxygen atoms in total. The Bertz CT molecular complexity index is 1480. The van der Waals surface area contributed by atoms with Gasteiger partial charge in [-0.3, -0.25) is 9.59 Å². The first-order chi connectivity index (χ1) is 23.5. The monoisotopic (exact) mass is 693 g/mol. The molecule has 1 aliphatic heterocycles. The summed E-state index contributed by atoms with van der Waals surface area (Å²) in [5.74, 6) is -0.764. The first kappa shape index (κ1) is 37.3. The van der Waals surface area contributed by atoms with Gasteiger partial charge in [0.05, 0.1) is 6.04 Å². The predicted octanol–water partition coefficient (Wildman–Crippen LogP) is 4.89. The second-order valence-corrected chi connectivity index (χ2v) is 13.9. The van der Waals surface area contributed by atoms with Crippen molar-refractivity contribution < 1.29 is 33.8 Å². The number of aliphatic hydroxyl groups excluding tert-OH is 1. The van der Waals surface area contributed by atoms with Crippen LogP contribution in [0.15, 0.2) is 72.2 Å². The Kier molecular flexibility index (Phi) is 14.0. The number of benzene rings is 2. The van der Waals surface area contributed by atoms with E-state index in [9.17, 15) is 24.3 Å². The second-order valence-electron chi connectivity index (χ2n) is 13.0. The molecule has 2 heterocycles. The molecule has 49 heavy (non-hydrogen) atoms. The normalized spacial score (nSPS) is 16.2. The number of thiazole rings is 1. The largest absolute Gasteiger partial charge is 0.445 e. The number of aromatic nitrogens is 1. The average molecular weight is 694 g/mol. The Morgan fingerprint density at radius 1 is 0.980 bits per heavy atom. The van der Waals surface area contributed by atoms with Crippen molar-refractivity contribution in [3.05, 3.63) is 88.4 Å². The number of rotatable bonds is 15. The number of hydrogen-bond acceptors (Lipinski definition) is 9. The highest BCUT2D eigenvalue weighted by Gasteiger charge is 2.39. The van der Waals surface area contributed by atoms with E-state index in [1.54, 1.807) is 32.3 Å². The van der Waals surface area contributed by atoms with Crippen LogP contribution in [0.3, 0.4) is 0 Å². The lowest BCUT2D eigenvalue weighted by atomic mass is 10.0. The number of unbranched alkanes of at least 4 members (excludes halogenated alkanes) is 1. The summed E-state index contributed by atoms with van der Waals surface area (Å²) in [6, 6.07) is 16.3. The van der Waals surface area contributed by atoms with Gasteiger partial charge in [-0.15, -0.1) is 11.3 Å². The molecule has 3 aromatic rings. The Hall–Kier alpha value is -4.49. The number of nitrogens with zero attached hydrogens (tertiary/aromatic N) is 2. The molecular formula is C36H47N5O7S. The van der Waals surface area contributed by atoms with Gasteiger partial charge in [-0.25, -0.2) is 14.6 Å². The summed E-state index contributed by atoms with van der Waals surface area (Å²) in [7, 11) is 0. The standard InChI is InChI=1S/C36H47N5O7S/c1-36(2,3)48-35(46)40-28(23-25-13-6-4-7-14-25)33(44)41-21-12-18-29(41)31(43)39-27(30(42)32-37-20-22-49-32)17-10-11-19-38-34(45)47-24-26-15-8-5-9-16-26/h4-9,13-16,20,22,27-30,42H,10-12,17-19,21,23-24H2,1-3H3,(H,38,45)(H,39,43)(H,40,46)/t27?,28-,29+,30?/m1/s1. The summed E-state index contributed by atoms with van der Waals surface area (Å²) < 4.78 is 10.7. The maximum Gasteiger partial charge on any atom is 0.408 e. The van der Waals surface area contributed by atoms with E-state index < -0.39 is 42.0 Å². The van der Waals surface area contributed by atoms with Crippen molar-refractivity contribution in [2.24, 2.45) is 0 Å². The van der Waals surface area contributed by atoms with E-state index in [-0.39, 0.29) is 24.8 Å². The SMILES string of the molecule is CC(C)(C)OC(=O)N[C@H](Cc1ccccc1)C(=O)N1CCC[C@H]1C(=O)NC(CCCCNC(=O)OCc1ccccc1)C(O)c1nccs1. The zero-order chi connectivity index (χ0) is 35.2. The Morgan fingerprint density at radius 3 is 2.33 bits per heavy atom. The topological polar surface area (TPSA) is 159 Å². The van der Waals surface area contributed by atoms with Gasteiger partial charge in [0.25, 0.3) is 0 Å². The summed E-state index contributed by atoms with van der Waals surface area (Å²) in [5.41, 5.74) is 0.985. The third-order valence-corrected chi connectivity index (χ3v) is 8.79. The summed E-state index contributed by atoms with van der Waals surface area (Å²) in [6.07, 6.45) is 2.15. The Labute approximate surface area is 291 Å². The van der Waals surface area contributed by atoms with Crippen molar-refractivity contribution in [3.8, 4) is 0 Å². The molecule has 4 atom stereocenters. The molecule has 0 aliphatic carbocycles. The number of aliphatic hydroxyl groups is 1. The molecule has 0 bridgehead atoms. The van der Waals surface area contributed by atoms with E-state index >= 15 is 0 Å². The van der Waals surface area contributed by atoms with Gasteiger partial charge >= 0.3 is 12.2 Å². The van der Waals surface area contributed by atoms with Crippen molar-refractivity contribution in [2.45, 2.75) is 95.7 Å². The molecule has 1 aromatic heterocycles. The molecule has 4 rings (SSSR count). The molecule has 4 N–H and O–H groups in total. The molecule has 1 saturated heterocycles. The highest BCUT2D eigenvalue weighted by molar-refractivity contribution is 7.09. The summed E-state index contributed by atoms with van der Waals surface area (Å²) in [4.78, 5) is 58.4. The summed E-state index contributed by atoms with van der Waals surface area (Å²) in [6.45, 7) is 6.12. The Morgan fingerprint density at radius 2 is 1.67 bits per heavy atom. The third kappa shape index (κ3) is 12.2. The van der Waals surface area contributed by atoms with Gasteiger partial charge in [-0.1, -0.05) is 60.7 Å². The molecule has 4 amide bonds. The van der Waals surface area contributed by atoms with Crippen LogP contribution < -0.4 is 16.0 Å². The average Bonchev–Trinajstić information content (AvgIpc) is 3.79. The minimum Gasteiger partial charge on any atom is -0.445 e. The number of carbonyl (C=O) groups excluding carboxylic acids is 4. The lowest BCUT2D eigenvalue weighted by molar-refractivity contribution is -0.140. The van der Waals surface area contributed by atoms with Crippen molar-refractivity contribution in [3.63, 3.8) is 0 Å². The lowest BCUT2D eigenvalue weighted by Gasteiger charge is -2.31. The van der Waals surface area contributed by atoms with Gasteiger partial charge < -0.3 is 35.4 Å². The van der Waals surface area contributed by atoms with E-state index in [4.69, 9.17) is 9.47 Å². The van der Waals surface area contributed by atoms with Crippen molar-refractivity contribution in [2.75, 3.05) is 13.1 Å². The Balaban J connectivity index is 1.36. The molecule has 13 heteroatoms. The van der Waals surface area contributed by atoms with Crippen LogP contribution in [-0.2, 0) is 32.1 Å².